The molecule has 0 radical (unpaired) electrons. The number of hydrogen-bond donors (Lipinski definition) is 1. The van der Waals surface area contributed by atoms with E-state index in [1.807, 2.05) is 0 Å². The van der Waals surface area contributed by atoms with Gasteiger partial charge in [0.15, 0.2) is 5.69 Å². The van der Waals surface area contributed by atoms with E-state index in [-0.39, 0.29) is 22.6 Å². The summed E-state index contributed by atoms with van der Waals surface area (Å²) >= 11 is 0. The van der Waals surface area contributed by atoms with E-state index in [4.69, 9.17) is 0 Å². The smallest absolute Gasteiger partial charge is 0.279 e. The number of anilines is 1. The van der Waals surface area contributed by atoms with E-state index in [0.29, 0.717) is 35.1 Å². The summed E-state index contributed by atoms with van der Waals surface area (Å²) in [6.45, 7) is 2.51. The Morgan fingerprint density at radius 1 is 1.13 bits per heavy atom. The van der Waals surface area contributed by atoms with Crippen LogP contribution < -0.4 is 10.9 Å². The van der Waals surface area contributed by atoms with Crippen LogP contribution in [0.25, 0.3) is 27.6 Å². The average molecular weight is 538 g/mol. The fourth-order valence-electron chi connectivity index (χ4n) is 4.92. The molecule has 1 N–H and O–H groups in total. The minimum absolute atomic E-state index is 0.0253. The third-order valence-electron chi connectivity index (χ3n) is 7.21. The van der Waals surface area contributed by atoms with Gasteiger partial charge in [0.2, 0.25) is 0 Å². The molecule has 5 aromatic rings. The lowest BCUT2D eigenvalue weighted by molar-refractivity contribution is 0.146. The zero-order valence-electron chi connectivity index (χ0n) is 21.0. The van der Waals surface area contributed by atoms with E-state index < -0.39 is 41.6 Å². The summed E-state index contributed by atoms with van der Waals surface area (Å²) in [5, 5.41) is 7.88. The molecular weight excluding hydrogens is 514 g/mol. The highest BCUT2D eigenvalue weighted by atomic mass is 19.3. The second-order valence-corrected chi connectivity index (χ2v) is 9.77. The zero-order chi connectivity index (χ0) is 27.5. The number of rotatable bonds is 7. The summed E-state index contributed by atoms with van der Waals surface area (Å²) in [4.78, 5) is 27.2. The van der Waals surface area contributed by atoms with Crippen molar-refractivity contribution in [1.82, 2.24) is 29.3 Å². The molecule has 0 bridgehead atoms. The van der Waals surface area contributed by atoms with Gasteiger partial charge in [0, 0.05) is 18.0 Å². The van der Waals surface area contributed by atoms with Gasteiger partial charge >= 0.3 is 0 Å². The molecule has 1 saturated carbocycles. The Labute approximate surface area is 219 Å². The highest BCUT2D eigenvalue weighted by Gasteiger charge is 2.46. The van der Waals surface area contributed by atoms with Crippen molar-refractivity contribution in [3.63, 3.8) is 0 Å². The number of alkyl halides is 3. The van der Waals surface area contributed by atoms with Gasteiger partial charge in [-0.1, -0.05) is 18.2 Å². The molecule has 0 aliphatic heterocycles. The van der Waals surface area contributed by atoms with Gasteiger partial charge in [0.05, 0.1) is 34.2 Å². The number of nitrogens with one attached hydrogen (secondary N) is 1. The first-order chi connectivity index (χ1) is 18.7. The Hall–Kier alpha value is -4.35. The molecule has 39 heavy (non-hydrogen) atoms. The van der Waals surface area contributed by atoms with Crippen LogP contribution in [0.1, 0.15) is 49.2 Å². The van der Waals surface area contributed by atoms with Crippen LogP contribution in [0.2, 0.25) is 0 Å². The Bertz CT molecular complexity index is 1800. The Balaban J connectivity index is 1.59. The third-order valence-corrected chi connectivity index (χ3v) is 7.21. The highest BCUT2D eigenvalue weighted by molar-refractivity contribution is 5.95. The first-order valence-electron chi connectivity index (χ1n) is 12.4. The standard InChI is InChI=1S/C27H23F4N7O/c1-14(16-5-3-6-17(21(16)29)24(30)31)34-25-18-12-37(27(13-28)8-9-27)26(39)23(22(18)35-15(2)36-25)38-20-7-4-10-32-19(20)11-33-38/h3-7,10-12,14,24H,8-9,13H2,1-2H3,(H,34,35,36)/t14-/m1/s1. The monoisotopic (exact) mass is 537 g/mol. The molecule has 1 atom stereocenters. The second-order valence-electron chi connectivity index (χ2n) is 9.77. The van der Waals surface area contributed by atoms with Gasteiger partial charge in [-0.05, 0) is 38.8 Å². The summed E-state index contributed by atoms with van der Waals surface area (Å²) in [6.07, 6.45) is 2.63. The molecule has 1 aliphatic carbocycles. The minimum Gasteiger partial charge on any atom is -0.363 e. The van der Waals surface area contributed by atoms with Gasteiger partial charge in [-0.25, -0.2) is 32.2 Å². The van der Waals surface area contributed by atoms with Crippen molar-refractivity contribution >= 4 is 27.8 Å². The van der Waals surface area contributed by atoms with Gasteiger partial charge in [-0.2, -0.15) is 5.10 Å². The summed E-state index contributed by atoms with van der Waals surface area (Å²) < 4.78 is 58.6. The quantitative estimate of drug-likeness (QED) is 0.274. The molecule has 0 saturated heterocycles. The first-order valence-corrected chi connectivity index (χ1v) is 12.4. The van der Waals surface area contributed by atoms with E-state index in [1.165, 1.54) is 33.8 Å². The number of hydrogen-bond acceptors (Lipinski definition) is 6. The van der Waals surface area contributed by atoms with E-state index in [1.54, 1.807) is 32.2 Å². The zero-order valence-corrected chi connectivity index (χ0v) is 21.0. The van der Waals surface area contributed by atoms with Crippen LogP contribution in [0.5, 0.6) is 0 Å². The maximum Gasteiger partial charge on any atom is 0.279 e. The SMILES string of the molecule is Cc1nc(N[C@H](C)c2cccc(C(F)F)c2F)c2cn(C3(CF)CC3)c(=O)c(-n3ncc4ncccc43)c2n1. The number of aryl methyl sites for hydroxylation is 1. The van der Waals surface area contributed by atoms with Crippen LogP contribution in [0.3, 0.4) is 0 Å². The van der Waals surface area contributed by atoms with Crippen LogP contribution in [0, 0.1) is 12.7 Å². The van der Waals surface area contributed by atoms with Crippen molar-refractivity contribution in [1.29, 1.82) is 0 Å². The Morgan fingerprint density at radius 2 is 1.90 bits per heavy atom. The van der Waals surface area contributed by atoms with E-state index in [9.17, 15) is 22.4 Å². The van der Waals surface area contributed by atoms with Crippen LogP contribution >= 0.6 is 0 Å². The largest absolute Gasteiger partial charge is 0.363 e. The Kier molecular flexibility index (Phi) is 5.85. The maximum absolute atomic E-state index is 14.9. The molecule has 0 spiro atoms. The van der Waals surface area contributed by atoms with E-state index >= 15 is 0 Å². The average Bonchev–Trinajstić information content (AvgIpc) is 3.60. The third kappa shape index (κ3) is 4.01. The van der Waals surface area contributed by atoms with Crippen LogP contribution in [-0.4, -0.2) is 36.0 Å². The summed E-state index contributed by atoms with van der Waals surface area (Å²) in [5.41, 5.74) is -0.670. The molecule has 1 aromatic carbocycles. The van der Waals surface area contributed by atoms with Crippen molar-refractivity contribution < 1.29 is 17.6 Å². The molecule has 12 heteroatoms. The van der Waals surface area contributed by atoms with Gasteiger partial charge in [0.1, 0.15) is 35.2 Å². The molecule has 8 nitrogen and oxygen atoms in total. The normalized spacial score (nSPS) is 15.3. The lowest BCUT2D eigenvalue weighted by Crippen LogP contribution is -2.34. The molecule has 0 amide bonds. The lowest BCUT2D eigenvalue weighted by Gasteiger charge is -2.22. The van der Waals surface area contributed by atoms with E-state index in [0.717, 1.165) is 6.07 Å². The fourth-order valence-corrected chi connectivity index (χ4v) is 4.92. The predicted molar refractivity (Wildman–Crippen MR) is 138 cm³/mol. The number of pyridine rings is 2. The van der Waals surface area contributed by atoms with Crippen molar-refractivity contribution in [2.75, 3.05) is 12.0 Å². The Morgan fingerprint density at radius 3 is 2.62 bits per heavy atom. The summed E-state index contributed by atoms with van der Waals surface area (Å²) in [5.74, 6) is -0.463. The summed E-state index contributed by atoms with van der Waals surface area (Å²) in [7, 11) is 0. The summed E-state index contributed by atoms with van der Waals surface area (Å²) in [6, 6.07) is 6.52. The second kappa shape index (κ2) is 9.14. The van der Waals surface area contributed by atoms with Gasteiger partial charge < -0.3 is 9.88 Å². The first kappa shape index (κ1) is 25.0. The number of nitrogens with zero attached hydrogens (tertiary/aromatic N) is 6. The predicted octanol–water partition coefficient (Wildman–Crippen LogP) is 5.54. The fraction of sp³-hybridized carbons (Fsp3) is 0.296. The number of halogens is 4. The molecule has 0 unspecified atom stereocenters. The van der Waals surface area contributed by atoms with Gasteiger partial charge in [0.25, 0.3) is 12.0 Å². The lowest BCUT2D eigenvalue weighted by atomic mass is 10.0. The molecule has 4 aromatic heterocycles. The highest BCUT2D eigenvalue weighted by Crippen LogP contribution is 2.44. The molecule has 200 valence electrons. The van der Waals surface area contributed by atoms with Crippen LogP contribution in [-0.2, 0) is 5.54 Å². The van der Waals surface area contributed by atoms with Gasteiger partial charge in [-0.3, -0.25) is 9.78 Å². The van der Waals surface area contributed by atoms with E-state index in [2.05, 4.69) is 25.4 Å². The van der Waals surface area contributed by atoms with Crippen molar-refractivity contribution in [2.45, 2.75) is 44.7 Å². The molecular formula is C27H23F4N7O. The van der Waals surface area contributed by atoms with Crippen molar-refractivity contribution in [2.24, 2.45) is 0 Å². The van der Waals surface area contributed by atoms with Crippen LogP contribution in [0.15, 0.2) is 53.7 Å². The number of fused-ring (bicyclic) bond motifs is 2. The number of benzene rings is 1. The van der Waals surface area contributed by atoms with Crippen LogP contribution in [0.4, 0.5) is 23.4 Å². The molecule has 4 heterocycles. The van der Waals surface area contributed by atoms with Crippen molar-refractivity contribution in [3.05, 3.63) is 82.0 Å². The molecule has 1 aliphatic rings. The topological polar surface area (TPSA) is 90.5 Å². The minimum atomic E-state index is -2.97. The molecule has 1 fully saturated rings. The van der Waals surface area contributed by atoms with Gasteiger partial charge in [-0.15, -0.1) is 0 Å². The maximum atomic E-state index is 14.9. The molecule has 6 rings (SSSR count). The van der Waals surface area contributed by atoms with Crippen molar-refractivity contribution in [3.8, 4) is 5.69 Å². The number of aromatic nitrogens is 6.